The van der Waals surface area contributed by atoms with Crippen LogP contribution in [-0.4, -0.2) is 0 Å². The summed E-state index contributed by atoms with van der Waals surface area (Å²) >= 11 is 0. The molecule has 1 rings (SSSR count). The van der Waals surface area contributed by atoms with Crippen molar-refractivity contribution >= 4 is 5.70 Å². The highest BCUT2D eigenvalue weighted by atomic mass is 14.8. The molecule has 1 N–H and O–H groups in total. The molecule has 1 aromatic carbocycles. The van der Waals surface area contributed by atoms with Crippen LogP contribution in [0.2, 0.25) is 0 Å². The van der Waals surface area contributed by atoms with E-state index in [0.717, 1.165) is 11.3 Å². The van der Waals surface area contributed by atoms with Gasteiger partial charge < -0.3 is 5.32 Å². The van der Waals surface area contributed by atoms with E-state index in [9.17, 15) is 0 Å². The van der Waals surface area contributed by atoms with Gasteiger partial charge in [-0.1, -0.05) is 43.0 Å². The van der Waals surface area contributed by atoms with Crippen LogP contribution in [0, 0.1) is 0 Å². The SMILES string of the molecule is C=C(N/C=C\C)c1ccccc1. The normalized spacial score (nSPS) is 10.1. The van der Waals surface area contributed by atoms with E-state index < -0.39 is 0 Å². The maximum absolute atomic E-state index is 3.90. The van der Waals surface area contributed by atoms with E-state index in [0.29, 0.717) is 0 Å². The van der Waals surface area contributed by atoms with Crippen molar-refractivity contribution in [2.45, 2.75) is 6.92 Å². The van der Waals surface area contributed by atoms with Crippen molar-refractivity contribution in [3.8, 4) is 0 Å². The number of allylic oxidation sites excluding steroid dienone is 1. The summed E-state index contributed by atoms with van der Waals surface area (Å²) in [7, 11) is 0. The molecule has 1 heteroatoms. The van der Waals surface area contributed by atoms with Gasteiger partial charge in [-0.15, -0.1) is 0 Å². The van der Waals surface area contributed by atoms with Gasteiger partial charge in [0.15, 0.2) is 0 Å². The van der Waals surface area contributed by atoms with E-state index in [1.54, 1.807) is 0 Å². The highest BCUT2D eigenvalue weighted by molar-refractivity contribution is 5.61. The highest BCUT2D eigenvalue weighted by Gasteiger charge is 1.92. The van der Waals surface area contributed by atoms with E-state index in [2.05, 4.69) is 11.9 Å². The number of hydrogen-bond donors (Lipinski definition) is 1. The fourth-order valence-electron chi connectivity index (χ4n) is 0.907. The molecule has 1 aromatic rings. The van der Waals surface area contributed by atoms with Gasteiger partial charge in [-0.25, -0.2) is 0 Å². The standard InChI is InChI=1S/C11H13N/c1-3-9-12-10(2)11-7-5-4-6-8-11/h3-9,12H,2H2,1H3/b9-3-. The molecule has 0 atom stereocenters. The van der Waals surface area contributed by atoms with Crippen LogP contribution in [-0.2, 0) is 0 Å². The van der Waals surface area contributed by atoms with Crippen molar-refractivity contribution < 1.29 is 0 Å². The molecule has 0 spiro atoms. The van der Waals surface area contributed by atoms with Crippen molar-refractivity contribution in [2.24, 2.45) is 0 Å². The summed E-state index contributed by atoms with van der Waals surface area (Å²) in [5, 5.41) is 3.07. The zero-order valence-corrected chi connectivity index (χ0v) is 7.25. The molecule has 0 aliphatic carbocycles. The van der Waals surface area contributed by atoms with Crippen molar-refractivity contribution in [3.63, 3.8) is 0 Å². The molecule has 62 valence electrons. The van der Waals surface area contributed by atoms with Gasteiger partial charge in [-0.05, 0) is 18.7 Å². The van der Waals surface area contributed by atoms with Gasteiger partial charge >= 0.3 is 0 Å². The topological polar surface area (TPSA) is 12.0 Å². The lowest BCUT2D eigenvalue weighted by atomic mass is 10.2. The van der Waals surface area contributed by atoms with E-state index in [1.165, 1.54) is 0 Å². The van der Waals surface area contributed by atoms with Crippen LogP contribution in [0.25, 0.3) is 5.70 Å². The Balaban J connectivity index is 2.66. The van der Waals surface area contributed by atoms with Crippen molar-refractivity contribution in [2.75, 3.05) is 0 Å². The van der Waals surface area contributed by atoms with E-state index in [1.807, 2.05) is 49.5 Å². The predicted molar refractivity (Wildman–Crippen MR) is 53.4 cm³/mol. The monoisotopic (exact) mass is 159 g/mol. The fourth-order valence-corrected chi connectivity index (χ4v) is 0.907. The summed E-state index contributed by atoms with van der Waals surface area (Å²) in [5.41, 5.74) is 2.05. The first-order valence-electron chi connectivity index (χ1n) is 3.96. The maximum Gasteiger partial charge on any atom is 0.0380 e. The lowest BCUT2D eigenvalue weighted by Crippen LogP contribution is -2.01. The van der Waals surface area contributed by atoms with Gasteiger partial charge in [0.2, 0.25) is 0 Å². The van der Waals surface area contributed by atoms with Crippen LogP contribution in [0.4, 0.5) is 0 Å². The molecule has 0 aliphatic heterocycles. The first kappa shape index (κ1) is 8.60. The summed E-state index contributed by atoms with van der Waals surface area (Å²) in [6.45, 7) is 5.86. The summed E-state index contributed by atoms with van der Waals surface area (Å²) < 4.78 is 0. The Kier molecular flexibility index (Phi) is 3.15. The summed E-state index contributed by atoms with van der Waals surface area (Å²) in [5.74, 6) is 0. The van der Waals surface area contributed by atoms with Crippen LogP contribution in [0.1, 0.15) is 12.5 Å². The molecule has 0 fully saturated rings. The molecule has 0 heterocycles. The molecule has 1 nitrogen and oxygen atoms in total. The Labute approximate surface area is 73.4 Å². The number of rotatable bonds is 3. The quantitative estimate of drug-likeness (QED) is 0.715. The van der Waals surface area contributed by atoms with Gasteiger partial charge in [-0.3, -0.25) is 0 Å². The number of benzene rings is 1. The van der Waals surface area contributed by atoms with Gasteiger partial charge in [0.1, 0.15) is 0 Å². The van der Waals surface area contributed by atoms with Crippen LogP contribution in [0.3, 0.4) is 0 Å². The molecule has 0 aromatic heterocycles. The molecule has 0 unspecified atom stereocenters. The number of nitrogens with one attached hydrogen (secondary N) is 1. The molecule has 12 heavy (non-hydrogen) atoms. The third-order valence-corrected chi connectivity index (χ3v) is 1.55. The summed E-state index contributed by atoms with van der Waals surface area (Å²) in [6, 6.07) is 10.0. The van der Waals surface area contributed by atoms with Crippen LogP contribution >= 0.6 is 0 Å². The Hall–Kier alpha value is -1.50. The molecular formula is C11H13N. The molecule has 0 aliphatic rings. The van der Waals surface area contributed by atoms with Crippen molar-refractivity contribution in [1.29, 1.82) is 0 Å². The lowest BCUT2D eigenvalue weighted by molar-refractivity contribution is 1.21. The fraction of sp³-hybridized carbons (Fsp3) is 0.0909. The Morgan fingerprint density at radius 1 is 1.33 bits per heavy atom. The minimum atomic E-state index is 0.925. The van der Waals surface area contributed by atoms with E-state index in [-0.39, 0.29) is 0 Å². The Morgan fingerprint density at radius 2 is 2.00 bits per heavy atom. The Morgan fingerprint density at radius 3 is 2.58 bits per heavy atom. The predicted octanol–water partition coefficient (Wildman–Crippen LogP) is 2.78. The van der Waals surface area contributed by atoms with E-state index >= 15 is 0 Å². The van der Waals surface area contributed by atoms with Gasteiger partial charge in [0, 0.05) is 5.70 Å². The van der Waals surface area contributed by atoms with Crippen molar-refractivity contribution in [3.05, 3.63) is 54.8 Å². The Bertz CT molecular complexity index is 272. The third-order valence-electron chi connectivity index (χ3n) is 1.55. The smallest absolute Gasteiger partial charge is 0.0380 e. The maximum atomic E-state index is 3.90. The largest absolute Gasteiger partial charge is 0.362 e. The average molecular weight is 159 g/mol. The van der Waals surface area contributed by atoms with Gasteiger partial charge in [0.25, 0.3) is 0 Å². The molecule has 0 radical (unpaired) electrons. The minimum absolute atomic E-state index is 0.925. The second kappa shape index (κ2) is 4.39. The average Bonchev–Trinajstić information content (AvgIpc) is 2.15. The van der Waals surface area contributed by atoms with Crippen LogP contribution in [0.5, 0.6) is 0 Å². The van der Waals surface area contributed by atoms with Crippen LogP contribution < -0.4 is 5.32 Å². The summed E-state index contributed by atoms with van der Waals surface area (Å²) in [4.78, 5) is 0. The minimum Gasteiger partial charge on any atom is -0.362 e. The van der Waals surface area contributed by atoms with Gasteiger partial charge in [-0.2, -0.15) is 0 Å². The molecular weight excluding hydrogens is 146 g/mol. The summed E-state index contributed by atoms with van der Waals surface area (Å²) in [6.07, 6.45) is 3.81. The van der Waals surface area contributed by atoms with E-state index in [4.69, 9.17) is 0 Å². The second-order valence-corrected chi connectivity index (χ2v) is 2.49. The molecule has 0 saturated heterocycles. The van der Waals surface area contributed by atoms with Crippen molar-refractivity contribution in [1.82, 2.24) is 5.32 Å². The lowest BCUT2D eigenvalue weighted by Gasteiger charge is -2.03. The highest BCUT2D eigenvalue weighted by Crippen LogP contribution is 2.07. The van der Waals surface area contributed by atoms with Crippen LogP contribution in [0.15, 0.2) is 49.2 Å². The zero-order chi connectivity index (χ0) is 8.81. The first-order chi connectivity index (χ1) is 5.84. The van der Waals surface area contributed by atoms with Gasteiger partial charge in [0.05, 0.1) is 0 Å². The molecule has 0 saturated carbocycles. The zero-order valence-electron chi connectivity index (χ0n) is 7.25. The molecule has 0 amide bonds. The number of hydrogen-bond acceptors (Lipinski definition) is 1. The third kappa shape index (κ3) is 2.27. The first-order valence-corrected chi connectivity index (χ1v) is 3.96. The second-order valence-electron chi connectivity index (χ2n) is 2.49. The molecule has 0 bridgehead atoms.